The molecule has 0 aliphatic carbocycles. The fourth-order valence-corrected chi connectivity index (χ4v) is 2.65. The van der Waals surface area contributed by atoms with E-state index in [1.807, 2.05) is 0 Å². The van der Waals surface area contributed by atoms with Gasteiger partial charge in [0.1, 0.15) is 5.75 Å². The van der Waals surface area contributed by atoms with Crippen molar-refractivity contribution in [3.05, 3.63) is 18.2 Å². The fourth-order valence-electron chi connectivity index (χ4n) is 2.08. The van der Waals surface area contributed by atoms with Gasteiger partial charge in [0.05, 0.1) is 12.8 Å². The van der Waals surface area contributed by atoms with Gasteiger partial charge in [-0.3, -0.25) is 9.59 Å². The molecule has 1 aromatic rings. The average molecular weight is 327 g/mol. The van der Waals surface area contributed by atoms with E-state index < -0.39 is 0 Å². The minimum Gasteiger partial charge on any atom is -0.495 e. The van der Waals surface area contributed by atoms with E-state index >= 15 is 0 Å². The van der Waals surface area contributed by atoms with Gasteiger partial charge in [-0.05, 0) is 18.2 Å². The Morgan fingerprint density at radius 1 is 1.53 bits per heavy atom. The zero-order valence-electron chi connectivity index (χ0n) is 10.8. The lowest BCUT2D eigenvalue weighted by molar-refractivity contribution is -0.117. The SMILES string of the molecule is COc1ccc(NC(C)=O)cc1N1CC(Br)CC1=O. The first-order chi connectivity index (χ1) is 9.01. The van der Waals surface area contributed by atoms with Crippen LogP contribution < -0.4 is 15.0 Å². The summed E-state index contributed by atoms with van der Waals surface area (Å²) in [7, 11) is 1.56. The fraction of sp³-hybridized carbons (Fsp3) is 0.385. The van der Waals surface area contributed by atoms with E-state index in [1.165, 1.54) is 6.92 Å². The summed E-state index contributed by atoms with van der Waals surface area (Å²) >= 11 is 3.45. The predicted octanol–water partition coefficient (Wildman–Crippen LogP) is 2.15. The zero-order valence-corrected chi connectivity index (χ0v) is 12.4. The number of anilines is 2. The molecule has 1 N–H and O–H groups in total. The van der Waals surface area contributed by atoms with Crippen molar-refractivity contribution in [1.29, 1.82) is 0 Å². The molecule has 19 heavy (non-hydrogen) atoms. The second kappa shape index (κ2) is 5.61. The molecule has 0 aromatic heterocycles. The number of carbonyl (C=O) groups is 2. The van der Waals surface area contributed by atoms with Crippen LogP contribution in [0.15, 0.2) is 18.2 Å². The third-order valence-corrected chi connectivity index (χ3v) is 3.48. The average Bonchev–Trinajstić information content (AvgIpc) is 2.67. The van der Waals surface area contributed by atoms with Crippen LogP contribution in [-0.4, -0.2) is 30.3 Å². The van der Waals surface area contributed by atoms with Crippen LogP contribution in [0.1, 0.15) is 13.3 Å². The van der Waals surface area contributed by atoms with E-state index in [4.69, 9.17) is 4.74 Å². The molecule has 0 bridgehead atoms. The Hall–Kier alpha value is -1.56. The van der Waals surface area contributed by atoms with Crippen molar-refractivity contribution < 1.29 is 14.3 Å². The van der Waals surface area contributed by atoms with Crippen LogP contribution >= 0.6 is 15.9 Å². The Bertz CT molecular complexity index is 519. The van der Waals surface area contributed by atoms with Gasteiger partial charge in [0, 0.05) is 30.4 Å². The summed E-state index contributed by atoms with van der Waals surface area (Å²) in [5.41, 5.74) is 1.33. The molecule has 1 heterocycles. The Balaban J connectivity index is 2.36. The molecular formula is C13H15BrN2O3. The van der Waals surface area contributed by atoms with Gasteiger partial charge in [-0.15, -0.1) is 0 Å². The van der Waals surface area contributed by atoms with E-state index in [0.29, 0.717) is 30.1 Å². The number of amides is 2. The number of nitrogens with one attached hydrogen (secondary N) is 1. The summed E-state index contributed by atoms with van der Waals surface area (Å²) in [5, 5.41) is 2.70. The number of hydrogen-bond donors (Lipinski definition) is 1. The molecule has 2 amide bonds. The molecule has 0 spiro atoms. The topological polar surface area (TPSA) is 58.6 Å². The van der Waals surface area contributed by atoms with Crippen LogP contribution in [0.4, 0.5) is 11.4 Å². The number of hydrogen-bond acceptors (Lipinski definition) is 3. The third kappa shape index (κ3) is 3.07. The second-order valence-corrected chi connectivity index (χ2v) is 5.67. The molecule has 1 unspecified atom stereocenters. The number of benzene rings is 1. The number of halogens is 1. The van der Waals surface area contributed by atoms with Crippen molar-refractivity contribution in [2.75, 3.05) is 23.9 Å². The third-order valence-electron chi connectivity index (χ3n) is 2.87. The van der Waals surface area contributed by atoms with E-state index in [9.17, 15) is 9.59 Å². The van der Waals surface area contributed by atoms with Crippen LogP contribution in [0.2, 0.25) is 0 Å². The summed E-state index contributed by atoms with van der Waals surface area (Å²) < 4.78 is 5.28. The van der Waals surface area contributed by atoms with Crippen molar-refractivity contribution in [2.45, 2.75) is 18.2 Å². The summed E-state index contributed by atoms with van der Waals surface area (Å²) in [4.78, 5) is 24.8. The largest absolute Gasteiger partial charge is 0.495 e. The van der Waals surface area contributed by atoms with Crippen molar-refractivity contribution >= 4 is 39.1 Å². The lowest BCUT2D eigenvalue weighted by Gasteiger charge is -2.20. The van der Waals surface area contributed by atoms with E-state index in [1.54, 1.807) is 30.2 Å². The standard InChI is InChI=1S/C13H15BrN2O3/c1-8(17)15-10-3-4-12(19-2)11(6-10)16-7-9(14)5-13(16)18/h3-4,6,9H,5,7H2,1-2H3,(H,15,17). The van der Waals surface area contributed by atoms with Crippen LogP contribution in [0, 0.1) is 0 Å². The summed E-state index contributed by atoms with van der Waals surface area (Å²) in [6.45, 7) is 2.04. The van der Waals surface area contributed by atoms with Crippen LogP contribution in [-0.2, 0) is 9.59 Å². The molecule has 0 saturated carbocycles. The van der Waals surface area contributed by atoms with E-state index in [0.717, 1.165) is 0 Å². The van der Waals surface area contributed by atoms with Crippen molar-refractivity contribution in [1.82, 2.24) is 0 Å². The van der Waals surface area contributed by atoms with Crippen molar-refractivity contribution in [2.24, 2.45) is 0 Å². The zero-order chi connectivity index (χ0) is 14.0. The van der Waals surface area contributed by atoms with Gasteiger partial charge in [-0.25, -0.2) is 0 Å². The lowest BCUT2D eigenvalue weighted by atomic mass is 10.2. The van der Waals surface area contributed by atoms with Crippen molar-refractivity contribution in [3.63, 3.8) is 0 Å². The molecule has 102 valence electrons. The highest BCUT2D eigenvalue weighted by atomic mass is 79.9. The van der Waals surface area contributed by atoms with Gasteiger partial charge >= 0.3 is 0 Å². The first-order valence-electron chi connectivity index (χ1n) is 5.91. The molecule has 5 nitrogen and oxygen atoms in total. The van der Waals surface area contributed by atoms with Gasteiger partial charge in [0.25, 0.3) is 0 Å². The Morgan fingerprint density at radius 3 is 2.79 bits per heavy atom. The minimum absolute atomic E-state index is 0.0418. The van der Waals surface area contributed by atoms with Crippen molar-refractivity contribution in [3.8, 4) is 5.75 Å². The first kappa shape index (κ1) is 13.9. The molecular weight excluding hydrogens is 312 g/mol. The molecule has 1 aliphatic heterocycles. The van der Waals surface area contributed by atoms with E-state index in [-0.39, 0.29) is 16.6 Å². The Labute approximate surface area is 120 Å². The maximum Gasteiger partial charge on any atom is 0.228 e. The molecule has 2 rings (SSSR count). The maximum atomic E-state index is 11.9. The number of carbonyl (C=O) groups excluding carboxylic acids is 2. The summed E-state index contributed by atoms with van der Waals surface area (Å²) in [5.74, 6) is 0.506. The van der Waals surface area contributed by atoms with Gasteiger partial charge < -0.3 is 15.0 Å². The summed E-state index contributed by atoms with van der Waals surface area (Å²) in [6, 6.07) is 5.24. The van der Waals surface area contributed by atoms with E-state index in [2.05, 4.69) is 21.2 Å². The quantitative estimate of drug-likeness (QED) is 0.866. The number of nitrogens with zero attached hydrogens (tertiary/aromatic N) is 1. The van der Waals surface area contributed by atoms with Gasteiger partial charge in [-0.1, -0.05) is 15.9 Å². The van der Waals surface area contributed by atoms with Crippen LogP contribution in [0.5, 0.6) is 5.75 Å². The minimum atomic E-state index is -0.151. The maximum absolute atomic E-state index is 11.9. The number of methoxy groups -OCH3 is 1. The Morgan fingerprint density at radius 2 is 2.26 bits per heavy atom. The second-order valence-electron chi connectivity index (χ2n) is 4.37. The number of ether oxygens (including phenoxy) is 1. The highest BCUT2D eigenvalue weighted by Crippen LogP contribution is 2.35. The molecule has 1 atom stereocenters. The number of alkyl halides is 1. The molecule has 1 aromatic carbocycles. The number of rotatable bonds is 3. The first-order valence-corrected chi connectivity index (χ1v) is 6.83. The normalized spacial score (nSPS) is 18.6. The summed E-state index contributed by atoms with van der Waals surface area (Å²) in [6.07, 6.45) is 0.466. The molecule has 1 aliphatic rings. The van der Waals surface area contributed by atoms with Gasteiger partial charge in [0.2, 0.25) is 11.8 Å². The smallest absolute Gasteiger partial charge is 0.228 e. The van der Waals surface area contributed by atoms with Gasteiger partial charge in [-0.2, -0.15) is 0 Å². The highest BCUT2D eigenvalue weighted by Gasteiger charge is 2.30. The Kier molecular flexibility index (Phi) is 4.09. The van der Waals surface area contributed by atoms with Gasteiger partial charge in [0.15, 0.2) is 0 Å². The molecule has 0 radical (unpaired) electrons. The monoisotopic (exact) mass is 326 g/mol. The molecule has 1 saturated heterocycles. The molecule has 6 heteroatoms. The van der Waals surface area contributed by atoms with Crippen LogP contribution in [0.3, 0.4) is 0 Å². The lowest BCUT2D eigenvalue weighted by Crippen LogP contribution is -2.25. The molecule has 1 fully saturated rings. The van der Waals surface area contributed by atoms with Crippen LogP contribution in [0.25, 0.3) is 0 Å². The predicted molar refractivity (Wildman–Crippen MR) is 77.0 cm³/mol. The highest BCUT2D eigenvalue weighted by molar-refractivity contribution is 9.09.